The molecule has 0 spiro atoms. The van der Waals surface area contributed by atoms with Crippen LogP contribution in [0, 0.1) is 11.2 Å². The normalized spacial score (nSPS) is 21.4. The number of aryl methyl sites for hydroxylation is 1. The van der Waals surface area contributed by atoms with E-state index in [1.807, 2.05) is 24.3 Å². The third-order valence-corrected chi connectivity index (χ3v) is 6.03. The van der Waals surface area contributed by atoms with E-state index in [4.69, 9.17) is 0 Å². The lowest BCUT2D eigenvalue weighted by Crippen LogP contribution is -2.44. The number of carbonyl (C=O) groups is 2. The molecule has 4 heteroatoms. The summed E-state index contributed by atoms with van der Waals surface area (Å²) in [5.41, 5.74) is 4.11. The zero-order valence-electron chi connectivity index (χ0n) is 17.2. The lowest BCUT2D eigenvalue weighted by atomic mass is 9.69. The largest absolute Gasteiger partial charge is 0.294 e. The number of halogens is 1. The van der Waals surface area contributed by atoms with Crippen LogP contribution in [0.25, 0.3) is 0 Å². The molecule has 2 aromatic carbocycles. The Morgan fingerprint density at radius 3 is 2.41 bits per heavy atom. The fourth-order valence-corrected chi connectivity index (χ4v) is 4.70. The van der Waals surface area contributed by atoms with E-state index >= 15 is 0 Å². The molecule has 1 atom stereocenters. The van der Waals surface area contributed by atoms with Gasteiger partial charge in [-0.15, -0.1) is 0 Å². The average molecular weight is 391 g/mol. The Bertz CT molecular complexity index is 1000. The topological polar surface area (TPSA) is 37.4 Å². The Hall–Kier alpha value is -2.75. The van der Waals surface area contributed by atoms with Crippen LogP contribution in [0.15, 0.2) is 59.8 Å². The molecular formula is C25H26FNO2. The molecule has 0 radical (unpaired) electrons. The second-order valence-electron chi connectivity index (χ2n) is 8.82. The fraction of sp³-hybridized carbons (Fsp3) is 0.360. The second-order valence-corrected chi connectivity index (χ2v) is 8.82. The minimum absolute atomic E-state index is 0.00975. The molecule has 1 aliphatic heterocycles. The first-order chi connectivity index (χ1) is 13.8. The molecule has 0 saturated carbocycles. The molecule has 2 aromatic rings. The predicted octanol–water partition coefficient (Wildman–Crippen LogP) is 5.55. The van der Waals surface area contributed by atoms with Crippen molar-refractivity contribution in [3.8, 4) is 0 Å². The van der Waals surface area contributed by atoms with Crippen LogP contribution >= 0.6 is 0 Å². The van der Waals surface area contributed by atoms with Crippen molar-refractivity contribution in [2.75, 3.05) is 4.90 Å². The number of amides is 1. The molecule has 29 heavy (non-hydrogen) atoms. The van der Waals surface area contributed by atoms with Gasteiger partial charge in [0.25, 0.3) is 0 Å². The van der Waals surface area contributed by atoms with Crippen molar-refractivity contribution in [2.24, 2.45) is 5.41 Å². The molecule has 0 saturated heterocycles. The molecule has 1 aliphatic carbocycles. The average Bonchev–Trinajstić information content (AvgIpc) is 2.67. The summed E-state index contributed by atoms with van der Waals surface area (Å²) in [5, 5.41) is 0. The number of hydrogen-bond acceptors (Lipinski definition) is 2. The number of anilines is 1. The van der Waals surface area contributed by atoms with Crippen molar-refractivity contribution in [1.82, 2.24) is 0 Å². The van der Waals surface area contributed by atoms with E-state index in [9.17, 15) is 14.0 Å². The number of ketones is 1. The number of rotatable bonds is 3. The summed E-state index contributed by atoms with van der Waals surface area (Å²) < 4.78 is 13.5. The van der Waals surface area contributed by atoms with Crippen molar-refractivity contribution in [3.63, 3.8) is 0 Å². The fourth-order valence-electron chi connectivity index (χ4n) is 4.70. The van der Waals surface area contributed by atoms with Gasteiger partial charge in [-0.1, -0.05) is 51.1 Å². The van der Waals surface area contributed by atoms with Gasteiger partial charge in [0.05, 0.1) is 5.69 Å². The van der Waals surface area contributed by atoms with E-state index < -0.39 is 0 Å². The van der Waals surface area contributed by atoms with Crippen molar-refractivity contribution >= 4 is 17.4 Å². The Balaban J connectivity index is 1.91. The van der Waals surface area contributed by atoms with Gasteiger partial charge in [0.15, 0.2) is 5.78 Å². The number of para-hydroxylation sites is 1. The molecule has 0 aromatic heterocycles. The number of benzene rings is 2. The molecule has 1 heterocycles. The molecule has 150 valence electrons. The highest BCUT2D eigenvalue weighted by atomic mass is 19.1. The minimum atomic E-state index is -0.320. The highest BCUT2D eigenvalue weighted by Gasteiger charge is 2.44. The number of hydrogen-bond donors (Lipinski definition) is 0. The summed E-state index contributed by atoms with van der Waals surface area (Å²) in [6.45, 7) is 6.22. The van der Waals surface area contributed by atoms with E-state index in [2.05, 4.69) is 20.8 Å². The number of nitrogens with zero attached hydrogens (tertiary/aromatic N) is 1. The van der Waals surface area contributed by atoms with Crippen LogP contribution < -0.4 is 4.90 Å². The third kappa shape index (κ3) is 3.52. The zero-order valence-corrected chi connectivity index (χ0v) is 17.2. The van der Waals surface area contributed by atoms with Crippen LogP contribution in [0.1, 0.15) is 57.1 Å². The number of allylic oxidation sites excluding steroid dienone is 2. The van der Waals surface area contributed by atoms with Crippen LogP contribution in [-0.2, 0) is 16.0 Å². The van der Waals surface area contributed by atoms with Crippen LogP contribution in [-0.4, -0.2) is 11.7 Å². The monoisotopic (exact) mass is 391 g/mol. The Kier molecular flexibility index (Phi) is 4.89. The molecule has 0 fully saturated rings. The van der Waals surface area contributed by atoms with Gasteiger partial charge < -0.3 is 0 Å². The molecule has 1 amide bonds. The minimum Gasteiger partial charge on any atom is -0.294 e. The van der Waals surface area contributed by atoms with E-state index in [0.29, 0.717) is 12.8 Å². The summed E-state index contributed by atoms with van der Waals surface area (Å²) in [6.07, 6.45) is 2.15. The summed E-state index contributed by atoms with van der Waals surface area (Å²) in [6, 6.07) is 14.1. The molecule has 2 aliphatic rings. The van der Waals surface area contributed by atoms with Gasteiger partial charge in [-0.25, -0.2) is 4.39 Å². The molecule has 0 N–H and O–H groups in total. The Morgan fingerprint density at radius 2 is 1.72 bits per heavy atom. The van der Waals surface area contributed by atoms with Crippen LogP contribution in [0.4, 0.5) is 10.1 Å². The first-order valence-electron chi connectivity index (χ1n) is 10.2. The smallest absolute Gasteiger partial charge is 0.232 e. The molecule has 0 bridgehead atoms. The van der Waals surface area contributed by atoms with Gasteiger partial charge in [0.2, 0.25) is 5.91 Å². The molecule has 1 unspecified atom stereocenters. The zero-order chi connectivity index (χ0) is 20.8. The van der Waals surface area contributed by atoms with Crippen molar-refractivity contribution < 1.29 is 14.0 Å². The summed E-state index contributed by atoms with van der Waals surface area (Å²) in [7, 11) is 0. The standard InChI is InChI=1S/C25H26FNO2/c1-4-16-7-5-6-8-20(16)27-21-14-25(2,3)15-22(28)24(21)19(13-23(27)29)17-9-11-18(26)12-10-17/h5-12,19H,4,13-15H2,1-3H3. The van der Waals surface area contributed by atoms with Gasteiger partial charge in [-0.05, 0) is 47.6 Å². The first-order valence-corrected chi connectivity index (χ1v) is 10.2. The maximum atomic E-state index is 13.5. The van der Waals surface area contributed by atoms with Crippen LogP contribution in [0.5, 0.6) is 0 Å². The van der Waals surface area contributed by atoms with Crippen molar-refractivity contribution in [2.45, 2.75) is 52.4 Å². The van der Waals surface area contributed by atoms with Gasteiger partial charge >= 0.3 is 0 Å². The van der Waals surface area contributed by atoms with Gasteiger partial charge in [-0.2, -0.15) is 0 Å². The highest BCUT2D eigenvalue weighted by Crippen LogP contribution is 2.48. The van der Waals surface area contributed by atoms with E-state index in [1.165, 1.54) is 12.1 Å². The SMILES string of the molecule is CCc1ccccc1N1C(=O)CC(c2ccc(F)cc2)C2=C1CC(C)(C)CC2=O. The lowest BCUT2D eigenvalue weighted by molar-refractivity contribution is -0.121. The maximum absolute atomic E-state index is 13.5. The molecule has 3 nitrogen and oxygen atoms in total. The van der Waals surface area contributed by atoms with Crippen molar-refractivity contribution in [1.29, 1.82) is 0 Å². The quantitative estimate of drug-likeness (QED) is 0.688. The summed E-state index contributed by atoms with van der Waals surface area (Å²) in [5.74, 6) is -0.548. The second kappa shape index (κ2) is 7.25. The predicted molar refractivity (Wildman–Crippen MR) is 112 cm³/mol. The van der Waals surface area contributed by atoms with E-state index in [0.717, 1.165) is 34.5 Å². The van der Waals surface area contributed by atoms with Gasteiger partial charge in [0.1, 0.15) is 5.82 Å². The number of Topliss-reactive ketones (excluding diaryl/α,β-unsaturated/α-hetero) is 1. The van der Waals surface area contributed by atoms with Gasteiger partial charge in [-0.3, -0.25) is 14.5 Å². The maximum Gasteiger partial charge on any atom is 0.232 e. The number of carbonyl (C=O) groups excluding carboxylic acids is 2. The van der Waals surface area contributed by atoms with Crippen LogP contribution in [0.3, 0.4) is 0 Å². The lowest BCUT2D eigenvalue weighted by Gasteiger charge is -2.43. The summed E-state index contributed by atoms with van der Waals surface area (Å²) >= 11 is 0. The third-order valence-electron chi connectivity index (χ3n) is 6.03. The Labute approximate surface area is 171 Å². The van der Waals surface area contributed by atoms with Gasteiger partial charge in [0, 0.05) is 30.0 Å². The van der Waals surface area contributed by atoms with Crippen molar-refractivity contribution in [3.05, 3.63) is 76.7 Å². The molecular weight excluding hydrogens is 365 g/mol. The van der Waals surface area contributed by atoms with E-state index in [-0.39, 0.29) is 35.3 Å². The Morgan fingerprint density at radius 1 is 1.03 bits per heavy atom. The molecule has 4 rings (SSSR count). The first kappa shape index (κ1) is 19.6. The van der Waals surface area contributed by atoms with Crippen LogP contribution in [0.2, 0.25) is 0 Å². The highest BCUT2D eigenvalue weighted by molar-refractivity contribution is 6.08. The van der Waals surface area contributed by atoms with E-state index in [1.54, 1.807) is 17.0 Å². The summed E-state index contributed by atoms with van der Waals surface area (Å²) in [4.78, 5) is 28.4.